The van der Waals surface area contributed by atoms with Crippen LogP contribution in [0, 0.1) is 6.07 Å². The fourth-order valence-electron chi connectivity index (χ4n) is 5.45. The number of nitrogens with zero attached hydrogens (tertiary/aromatic N) is 3. The van der Waals surface area contributed by atoms with Gasteiger partial charge in [0.1, 0.15) is 0 Å². The van der Waals surface area contributed by atoms with Crippen LogP contribution in [0.25, 0.3) is 66.1 Å². The van der Waals surface area contributed by atoms with Gasteiger partial charge in [0.15, 0.2) is 0 Å². The normalized spacial score (nSPS) is 10.6. The molecule has 0 fully saturated rings. The van der Waals surface area contributed by atoms with E-state index in [0.29, 0.717) is 0 Å². The van der Waals surface area contributed by atoms with Crippen LogP contribution in [0.2, 0.25) is 0 Å². The van der Waals surface area contributed by atoms with Gasteiger partial charge in [-0.3, -0.25) is 9.97 Å². The zero-order chi connectivity index (χ0) is 28.1. The van der Waals surface area contributed by atoms with Crippen molar-refractivity contribution in [3.8, 4) is 33.5 Å². The minimum absolute atomic E-state index is 0. The Labute approximate surface area is 264 Å². The topological polar surface area (TPSA) is 38.7 Å². The van der Waals surface area contributed by atoms with Crippen molar-refractivity contribution in [3.63, 3.8) is 0 Å². The molecule has 8 aromatic rings. The molecule has 0 unspecified atom stereocenters. The number of hydrogen-bond donors (Lipinski definition) is 0. The third-order valence-corrected chi connectivity index (χ3v) is 7.43. The van der Waals surface area contributed by atoms with Gasteiger partial charge in [-0.15, -0.1) is 29.1 Å². The van der Waals surface area contributed by atoms with Gasteiger partial charge in [0.05, 0.1) is 11.0 Å². The van der Waals surface area contributed by atoms with Crippen LogP contribution in [0.1, 0.15) is 0 Å². The summed E-state index contributed by atoms with van der Waals surface area (Å²) >= 11 is 0. The van der Waals surface area contributed by atoms with Gasteiger partial charge in [-0.05, 0) is 46.1 Å². The maximum Gasteiger partial charge on any atom is 0.0970 e. The SMILES string of the molecule is [Ir].[c-]1ccc2ccccc2c1-c1ccccn1.c1ccc(-c2ccnc3c2ccc2c(-c4ccccc4)ccnc23)cc1. The van der Waals surface area contributed by atoms with Crippen molar-refractivity contribution in [2.75, 3.05) is 0 Å². The monoisotopic (exact) mass is 729 g/mol. The molecule has 3 heterocycles. The molecule has 0 atom stereocenters. The van der Waals surface area contributed by atoms with Crippen LogP contribution in [0.15, 0.2) is 158 Å². The van der Waals surface area contributed by atoms with E-state index in [1.165, 1.54) is 33.0 Å². The molecule has 0 bridgehead atoms. The van der Waals surface area contributed by atoms with Crippen LogP contribution < -0.4 is 0 Å². The molecule has 4 heteroatoms. The third-order valence-electron chi connectivity index (χ3n) is 7.43. The van der Waals surface area contributed by atoms with Gasteiger partial charge < -0.3 is 4.98 Å². The van der Waals surface area contributed by atoms with Crippen LogP contribution in [0.5, 0.6) is 0 Å². The summed E-state index contributed by atoms with van der Waals surface area (Å²) in [7, 11) is 0. The number of rotatable bonds is 3. The Balaban J connectivity index is 0.000000167. The van der Waals surface area contributed by atoms with Crippen LogP contribution in [-0.4, -0.2) is 15.0 Å². The molecule has 0 aliphatic heterocycles. The first-order valence-corrected chi connectivity index (χ1v) is 13.9. The Bertz CT molecular complexity index is 2030. The van der Waals surface area contributed by atoms with Crippen molar-refractivity contribution in [1.29, 1.82) is 0 Å². The molecule has 0 saturated carbocycles. The zero-order valence-corrected chi connectivity index (χ0v) is 25.6. The summed E-state index contributed by atoms with van der Waals surface area (Å²) in [4.78, 5) is 13.7. The van der Waals surface area contributed by atoms with Crippen molar-refractivity contribution in [2.45, 2.75) is 0 Å². The van der Waals surface area contributed by atoms with E-state index < -0.39 is 0 Å². The predicted molar refractivity (Wildman–Crippen MR) is 174 cm³/mol. The smallest absolute Gasteiger partial charge is 0.0970 e. The third kappa shape index (κ3) is 5.71. The minimum atomic E-state index is 0. The number of aromatic nitrogens is 3. The summed E-state index contributed by atoms with van der Waals surface area (Å²) in [5.41, 5.74) is 8.69. The summed E-state index contributed by atoms with van der Waals surface area (Å²) in [6.45, 7) is 0. The fraction of sp³-hybridized carbons (Fsp3) is 0. The van der Waals surface area contributed by atoms with Crippen molar-refractivity contribution in [2.24, 2.45) is 0 Å². The zero-order valence-electron chi connectivity index (χ0n) is 23.2. The second-order valence-corrected chi connectivity index (χ2v) is 9.96. The summed E-state index contributed by atoms with van der Waals surface area (Å²) in [6, 6.07) is 50.9. The van der Waals surface area contributed by atoms with Crippen molar-refractivity contribution in [1.82, 2.24) is 15.0 Å². The van der Waals surface area contributed by atoms with Crippen LogP contribution >= 0.6 is 0 Å². The van der Waals surface area contributed by atoms with Gasteiger partial charge in [0.25, 0.3) is 0 Å². The Morgan fingerprint density at radius 2 is 0.977 bits per heavy atom. The molecule has 0 aliphatic rings. The fourth-order valence-corrected chi connectivity index (χ4v) is 5.45. The average Bonchev–Trinajstić information content (AvgIpc) is 3.09. The van der Waals surface area contributed by atoms with E-state index in [0.717, 1.165) is 33.1 Å². The average molecular weight is 729 g/mol. The van der Waals surface area contributed by atoms with Gasteiger partial charge in [-0.1, -0.05) is 115 Å². The second kappa shape index (κ2) is 12.9. The van der Waals surface area contributed by atoms with E-state index >= 15 is 0 Å². The van der Waals surface area contributed by atoms with Gasteiger partial charge in [-0.25, -0.2) is 0 Å². The molecule has 0 aliphatic carbocycles. The maximum absolute atomic E-state index is 4.67. The predicted octanol–water partition coefficient (Wildman–Crippen LogP) is 9.82. The van der Waals surface area contributed by atoms with Gasteiger partial charge in [-0.2, -0.15) is 0 Å². The molecule has 0 amide bonds. The van der Waals surface area contributed by atoms with E-state index in [9.17, 15) is 0 Å². The number of benzene rings is 5. The summed E-state index contributed by atoms with van der Waals surface area (Å²) in [6.07, 6.45) is 5.56. The molecule has 5 aromatic carbocycles. The number of hydrogen-bond acceptors (Lipinski definition) is 3. The summed E-state index contributed by atoms with van der Waals surface area (Å²) in [5, 5.41) is 4.68. The molecule has 3 nitrogen and oxygen atoms in total. The molecule has 8 rings (SSSR count). The first kappa shape index (κ1) is 28.1. The molecule has 0 spiro atoms. The molecule has 43 heavy (non-hydrogen) atoms. The Hall–Kier alpha value is -5.02. The molecule has 1 radical (unpaired) electrons. The summed E-state index contributed by atoms with van der Waals surface area (Å²) in [5.74, 6) is 0. The van der Waals surface area contributed by atoms with E-state index in [1.54, 1.807) is 0 Å². The van der Waals surface area contributed by atoms with Crippen molar-refractivity contribution in [3.05, 3.63) is 164 Å². The Morgan fingerprint density at radius 3 is 1.56 bits per heavy atom. The van der Waals surface area contributed by atoms with Crippen molar-refractivity contribution >= 4 is 32.6 Å². The molecular formula is C39H26IrN3-. The molecule has 207 valence electrons. The van der Waals surface area contributed by atoms with Crippen molar-refractivity contribution < 1.29 is 20.1 Å². The van der Waals surface area contributed by atoms with E-state index in [1.807, 2.05) is 67.1 Å². The second-order valence-electron chi connectivity index (χ2n) is 9.96. The first-order valence-electron chi connectivity index (χ1n) is 13.9. The van der Waals surface area contributed by atoms with Crippen LogP contribution in [0.3, 0.4) is 0 Å². The van der Waals surface area contributed by atoms with Crippen LogP contribution in [-0.2, 0) is 20.1 Å². The Kier molecular flexibility index (Phi) is 8.42. The van der Waals surface area contributed by atoms with Gasteiger partial charge in [0, 0.05) is 49.5 Å². The molecule has 0 N–H and O–H groups in total. The molecular weight excluding hydrogens is 703 g/mol. The van der Waals surface area contributed by atoms with Crippen LogP contribution in [0.4, 0.5) is 0 Å². The first-order chi connectivity index (χ1) is 20.9. The van der Waals surface area contributed by atoms with Gasteiger partial charge in [0.2, 0.25) is 0 Å². The van der Waals surface area contributed by atoms with E-state index in [2.05, 4.69) is 112 Å². The summed E-state index contributed by atoms with van der Waals surface area (Å²) < 4.78 is 0. The maximum atomic E-state index is 4.67. The molecule has 0 saturated heterocycles. The largest absolute Gasteiger partial charge is 0.305 e. The minimum Gasteiger partial charge on any atom is -0.305 e. The quantitative estimate of drug-likeness (QED) is 0.134. The number of fused-ring (bicyclic) bond motifs is 4. The Morgan fingerprint density at radius 1 is 0.419 bits per heavy atom. The van der Waals surface area contributed by atoms with E-state index in [4.69, 9.17) is 0 Å². The standard InChI is InChI=1S/C24H16N2.C15H10N.Ir/c1-3-7-17(8-4-1)19-13-15-25-23-21(19)11-12-22-20(14-16-26-24(22)23)18-9-5-2-6-10-18;1-2-8-13-12(6-1)7-5-9-14(13)15-10-3-4-11-16-15;/h1-16H;1-8,10-11H;/q;-1;. The molecule has 3 aromatic heterocycles. The number of pyridine rings is 3. The van der Waals surface area contributed by atoms with E-state index in [-0.39, 0.29) is 20.1 Å². The van der Waals surface area contributed by atoms with Gasteiger partial charge >= 0.3 is 0 Å².